The zero-order chi connectivity index (χ0) is 24.8. The van der Waals surface area contributed by atoms with Crippen molar-refractivity contribution in [3.63, 3.8) is 0 Å². The van der Waals surface area contributed by atoms with E-state index in [1.165, 1.54) is 17.6 Å². The highest BCUT2D eigenvalue weighted by molar-refractivity contribution is 5.61. The number of allylic oxidation sites excluding steroid dienone is 24. The molecule has 0 heterocycles. The van der Waals surface area contributed by atoms with Gasteiger partial charge < -0.3 is 5.73 Å². The van der Waals surface area contributed by atoms with Crippen LogP contribution in [0.25, 0.3) is 0 Å². The number of fused-ring (bicyclic) bond motifs is 4. The molecule has 7 aliphatic rings. The molecule has 5 atom stereocenters. The first-order chi connectivity index (χ1) is 18.3. The van der Waals surface area contributed by atoms with Crippen molar-refractivity contribution >= 4 is 0 Å². The van der Waals surface area contributed by atoms with Gasteiger partial charge in [-0.1, -0.05) is 91.1 Å². The van der Waals surface area contributed by atoms with Crippen LogP contribution in [0.2, 0.25) is 0 Å². The Balaban J connectivity index is 1.25. The summed E-state index contributed by atoms with van der Waals surface area (Å²) in [6.45, 7) is 0. The maximum atomic E-state index is 6.78. The lowest BCUT2D eigenvalue weighted by molar-refractivity contribution is 0.429. The van der Waals surface area contributed by atoms with Gasteiger partial charge in [-0.05, 0) is 96.0 Å². The van der Waals surface area contributed by atoms with Gasteiger partial charge in [-0.2, -0.15) is 0 Å². The van der Waals surface area contributed by atoms with Crippen LogP contribution in [0, 0.1) is 29.6 Å². The second-order valence-corrected chi connectivity index (χ2v) is 11.6. The maximum Gasteiger partial charge on any atom is 0.0128 e. The first-order valence-corrected chi connectivity index (χ1v) is 14.3. The monoisotopic (exact) mass is 483 g/mol. The summed E-state index contributed by atoms with van der Waals surface area (Å²) in [5.74, 6) is 2.29. The van der Waals surface area contributed by atoms with E-state index in [1.54, 1.807) is 27.9 Å². The van der Waals surface area contributed by atoms with Crippen LogP contribution >= 0.6 is 0 Å². The topological polar surface area (TPSA) is 26.0 Å². The SMILES string of the molecule is NC1=CC2=C(CC1C1C=CC=CC1)C1=C(C=C(C3=CC(C4C=CC=CC4)=CCC3)CC1)C1C=CC=CC21. The van der Waals surface area contributed by atoms with Crippen LogP contribution in [0.5, 0.6) is 0 Å². The molecule has 5 unspecified atom stereocenters. The summed E-state index contributed by atoms with van der Waals surface area (Å²) in [7, 11) is 0. The summed E-state index contributed by atoms with van der Waals surface area (Å²) in [5.41, 5.74) is 18.8. The van der Waals surface area contributed by atoms with Crippen LogP contribution in [0.4, 0.5) is 0 Å². The quantitative estimate of drug-likeness (QED) is 0.428. The molecule has 0 aromatic rings. The smallest absolute Gasteiger partial charge is 0.0128 e. The Morgan fingerprint density at radius 1 is 0.649 bits per heavy atom. The van der Waals surface area contributed by atoms with Crippen LogP contribution in [0.1, 0.15) is 44.9 Å². The van der Waals surface area contributed by atoms with Crippen molar-refractivity contribution in [3.8, 4) is 0 Å². The summed E-state index contributed by atoms with van der Waals surface area (Å²) in [4.78, 5) is 0. The third kappa shape index (κ3) is 4.09. The van der Waals surface area contributed by atoms with E-state index in [4.69, 9.17) is 5.73 Å². The molecule has 2 N–H and O–H groups in total. The summed E-state index contributed by atoms with van der Waals surface area (Å²) >= 11 is 0. The van der Waals surface area contributed by atoms with Crippen molar-refractivity contribution in [2.45, 2.75) is 44.9 Å². The lowest BCUT2D eigenvalue weighted by atomic mass is 9.62. The molecule has 0 radical (unpaired) electrons. The standard InChI is InChI=1S/C36H37N/c37-36-23-35-30-17-8-7-16-29(30)33-21-28(27-15-9-14-26(20-27)24-10-3-1-4-11-24)18-19-31(33)34(35)22-32(36)25-12-5-2-6-13-25/h1-8,10,12,14,16-17,20-21,23-25,29-30,32H,9,11,13,15,18-19,22,37H2. The Kier molecular flexibility index (Phi) is 5.88. The van der Waals surface area contributed by atoms with Crippen molar-refractivity contribution in [3.05, 3.63) is 142 Å². The number of hydrogen-bond donors (Lipinski definition) is 1. The molecular weight excluding hydrogens is 446 g/mol. The molecule has 7 aliphatic carbocycles. The molecule has 0 saturated carbocycles. The zero-order valence-electron chi connectivity index (χ0n) is 21.7. The number of rotatable bonds is 3. The molecule has 0 aliphatic heterocycles. The third-order valence-corrected chi connectivity index (χ3v) is 9.55. The molecule has 0 fully saturated rings. The van der Waals surface area contributed by atoms with Crippen molar-refractivity contribution in [1.82, 2.24) is 0 Å². The van der Waals surface area contributed by atoms with Crippen LogP contribution in [-0.2, 0) is 0 Å². The van der Waals surface area contributed by atoms with Gasteiger partial charge in [0.2, 0.25) is 0 Å². The first kappa shape index (κ1) is 22.8. The molecule has 0 aromatic heterocycles. The van der Waals surface area contributed by atoms with Gasteiger partial charge in [0.15, 0.2) is 0 Å². The van der Waals surface area contributed by atoms with Crippen molar-refractivity contribution in [2.24, 2.45) is 35.3 Å². The number of hydrogen-bond acceptors (Lipinski definition) is 1. The lowest BCUT2D eigenvalue weighted by Gasteiger charge is -2.42. The highest BCUT2D eigenvalue weighted by Gasteiger charge is 2.39. The number of nitrogens with two attached hydrogens (primary N) is 1. The summed E-state index contributed by atoms with van der Waals surface area (Å²) in [5, 5.41) is 0. The average molecular weight is 484 g/mol. The van der Waals surface area contributed by atoms with E-state index in [9.17, 15) is 0 Å². The fourth-order valence-electron chi connectivity index (χ4n) is 7.62. The van der Waals surface area contributed by atoms with Gasteiger partial charge in [-0.15, -0.1) is 0 Å². The lowest BCUT2D eigenvalue weighted by Crippen LogP contribution is -2.32. The van der Waals surface area contributed by atoms with E-state index >= 15 is 0 Å². The molecule has 0 amide bonds. The average Bonchev–Trinajstić information content (AvgIpc) is 2.98. The molecule has 37 heavy (non-hydrogen) atoms. The fraction of sp³-hybridized carbons (Fsp3) is 0.333. The van der Waals surface area contributed by atoms with E-state index in [0.29, 0.717) is 29.6 Å². The molecule has 0 aromatic carbocycles. The Hall–Kier alpha value is -3.32. The van der Waals surface area contributed by atoms with Gasteiger partial charge in [0, 0.05) is 29.4 Å². The highest BCUT2D eigenvalue weighted by Crippen LogP contribution is 2.52. The molecule has 7 rings (SSSR count). The van der Waals surface area contributed by atoms with Crippen molar-refractivity contribution in [2.75, 3.05) is 0 Å². The highest BCUT2D eigenvalue weighted by atomic mass is 14.6. The third-order valence-electron chi connectivity index (χ3n) is 9.55. The largest absolute Gasteiger partial charge is 0.402 e. The molecule has 1 nitrogen and oxygen atoms in total. The van der Waals surface area contributed by atoms with Gasteiger partial charge in [-0.25, -0.2) is 0 Å². The second kappa shape index (κ2) is 9.53. The van der Waals surface area contributed by atoms with E-state index in [-0.39, 0.29) is 0 Å². The summed E-state index contributed by atoms with van der Waals surface area (Å²) in [6, 6.07) is 0. The minimum Gasteiger partial charge on any atom is -0.402 e. The van der Waals surface area contributed by atoms with Gasteiger partial charge in [0.25, 0.3) is 0 Å². The first-order valence-electron chi connectivity index (χ1n) is 14.3. The van der Waals surface area contributed by atoms with Gasteiger partial charge in [-0.3, -0.25) is 0 Å². The fourth-order valence-corrected chi connectivity index (χ4v) is 7.62. The molecule has 0 spiro atoms. The second-order valence-electron chi connectivity index (χ2n) is 11.6. The Morgan fingerprint density at radius 2 is 1.38 bits per heavy atom. The van der Waals surface area contributed by atoms with E-state index in [0.717, 1.165) is 44.2 Å². The van der Waals surface area contributed by atoms with Crippen LogP contribution < -0.4 is 5.73 Å². The maximum absolute atomic E-state index is 6.78. The van der Waals surface area contributed by atoms with Gasteiger partial charge in [0.1, 0.15) is 0 Å². The minimum atomic E-state index is 0.407. The summed E-state index contributed by atoms with van der Waals surface area (Å²) in [6.07, 6.45) is 45.4. The molecule has 186 valence electrons. The van der Waals surface area contributed by atoms with Crippen LogP contribution in [0.3, 0.4) is 0 Å². The predicted molar refractivity (Wildman–Crippen MR) is 155 cm³/mol. The molecule has 0 bridgehead atoms. The molecule has 0 saturated heterocycles. The predicted octanol–water partition coefficient (Wildman–Crippen LogP) is 8.45. The summed E-state index contributed by atoms with van der Waals surface area (Å²) < 4.78 is 0. The van der Waals surface area contributed by atoms with E-state index in [2.05, 4.69) is 97.2 Å². The van der Waals surface area contributed by atoms with Gasteiger partial charge in [0.05, 0.1) is 0 Å². The Morgan fingerprint density at radius 3 is 2.14 bits per heavy atom. The molecule has 1 heteroatoms. The van der Waals surface area contributed by atoms with Crippen LogP contribution in [-0.4, -0.2) is 0 Å². The van der Waals surface area contributed by atoms with Gasteiger partial charge >= 0.3 is 0 Å². The molecular formula is C36H37N. The van der Waals surface area contributed by atoms with Crippen LogP contribution in [0.15, 0.2) is 142 Å². The Labute approximate surface area is 222 Å². The van der Waals surface area contributed by atoms with Crippen molar-refractivity contribution in [1.29, 1.82) is 0 Å². The Bertz CT molecular complexity index is 1370. The minimum absolute atomic E-state index is 0.407. The zero-order valence-corrected chi connectivity index (χ0v) is 21.7. The van der Waals surface area contributed by atoms with E-state index in [1.807, 2.05) is 0 Å². The van der Waals surface area contributed by atoms with E-state index < -0.39 is 0 Å². The van der Waals surface area contributed by atoms with Crippen molar-refractivity contribution < 1.29 is 0 Å². The normalized spacial score (nSPS) is 33.9.